The molecule has 1 fully saturated rings. The van der Waals surface area contributed by atoms with Crippen molar-refractivity contribution in [1.29, 1.82) is 0 Å². The van der Waals surface area contributed by atoms with Crippen LogP contribution in [0.3, 0.4) is 0 Å². The van der Waals surface area contributed by atoms with Gasteiger partial charge in [-0.1, -0.05) is 5.57 Å². The van der Waals surface area contributed by atoms with Crippen LogP contribution in [-0.2, 0) is 4.74 Å². The first-order valence-corrected chi connectivity index (χ1v) is 5.84. The molecule has 82 valence electrons. The lowest BCUT2D eigenvalue weighted by molar-refractivity contribution is -0.114. The molecule has 2 atom stereocenters. The zero-order valence-corrected chi connectivity index (χ0v) is 9.94. The Morgan fingerprint density at radius 2 is 2.29 bits per heavy atom. The van der Waals surface area contributed by atoms with Crippen molar-refractivity contribution in [2.75, 3.05) is 0 Å². The van der Waals surface area contributed by atoms with Crippen LogP contribution in [-0.4, -0.2) is 11.7 Å². The van der Waals surface area contributed by atoms with Crippen molar-refractivity contribution in [2.45, 2.75) is 71.0 Å². The second kappa shape index (κ2) is 4.97. The van der Waals surface area contributed by atoms with E-state index in [1.807, 2.05) is 0 Å². The topological polar surface area (TPSA) is 9.23 Å². The summed E-state index contributed by atoms with van der Waals surface area (Å²) in [7, 11) is 0. The number of hydrogen-bond acceptors (Lipinski definition) is 1. The van der Waals surface area contributed by atoms with Crippen LogP contribution < -0.4 is 0 Å². The molecule has 0 aromatic carbocycles. The lowest BCUT2D eigenvalue weighted by Crippen LogP contribution is -2.36. The predicted octanol–water partition coefficient (Wildman–Crippen LogP) is 4.08. The lowest BCUT2D eigenvalue weighted by Gasteiger charge is -2.37. The van der Waals surface area contributed by atoms with Crippen LogP contribution in [0.25, 0.3) is 0 Å². The van der Waals surface area contributed by atoms with Gasteiger partial charge >= 0.3 is 0 Å². The maximum Gasteiger partial charge on any atom is 0.0658 e. The van der Waals surface area contributed by atoms with Crippen molar-refractivity contribution in [1.82, 2.24) is 0 Å². The summed E-state index contributed by atoms with van der Waals surface area (Å²) in [6.07, 6.45) is 7.79. The van der Waals surface area contributed by atoms with Gasteiger partial charge in [0.1, 0.15) is 0 Å². The first kappa shape index (κ1) is 11.8. The van der Waals surface area contributed by atoms with Crippen LogP contribution in [0, 0.1) is 0 Å². The maximum absolute atomic E-state index is 6.03. The zero-order chi connectivity index (χ0) is 10.6. The quantitative estimate of drug-likeness (QED) is 0.616. The first-order valence-electron chi connectivity index (χ1n) is 5.84. The molecular formula is C13H24O. The molecule has 1 rings (SSSR count). The number of ether oxygens (including phenoxy) is 1. The molecule has 0 aromatic heterocycles. The molecular weight excluding hydrogens is 172 g/mol. The SMILES string of the molecule is C=C(C)CCC[C@@]1(C)CCC[C@@H](C)O1. The van der Waals surface area contributed by atoms with Crippen molar-refractivity contribution in [3.05, 3.63) is 12.2 Å². The molecule has 1 saturated heterocycles. The van der Waals surface area contributed by atoms with Crippen molar-refractivity contribution in [3.63, 3.8) is 0 Å². The molecule has 0 amide bonds. The third-order valence-electron chi connectivity index (χ3n) is 3.11. The summed E-state index contributed by atoms with van der Waals surface area (Å²) in [6.45, 7) is 10.5. The molecule has 0 aliphatic carbocycles. The smallest absolute Gasteiger partial charge is 0.0658 e. The van der Waals surface area contributed by atoms with Gasteiger partial charge in [-0.2, -0.15) is 0 Å². The third kappa shape index (κ3) is 3.83. The Hall–Kier alpha value is -0.300. The molecule has 0 saturated carbocycles. The highest BCUT2D eigenvalue weighted by Crippen LogP contribution is 2.32. The summed E-state index contributed by atoms with van der Waals surface area (Å²) in [5.74, 6) is 0. The molecule has 0 spiro atoms. The second-order valence-electron chi connectivity index (χ2n) is 5.08. The molecule has 1 aliphatic rings. The van der Waals surface area contributed by atoms with Crippen molar-refractivity contribution in [3.8, 4) is 0 Å². The standard InChI is InChI=1S/C13H24O/c1-11(2)7-5-9-13(4)10-6-8-12(3)14-13/h12H,1,5-10H2,2-4H3/t12-,13+/m1/s1. The van der Waals surface area contributed by atoms with Gasteiger partial charge < -0.3 is 4.74 Å². The predicted molar refractivity (Wildman–Crippen MR) is 61.5 cm³/mol. The van der Waals surface area contributed by atoms with Gasteiger partial charge in [0, 0.05) is 0 Å². The highest BCUT2D eigenvalue weighted by atomic mass is 16.5. The summed E-state index contributed by atoms with van der Waals surface area (Å²) in [5, 5.41) is 0. The Balaban J connectivity index is 2.29. The fraction of sp³-hybridized carbons (Fsp3) is 0.846. The average molecular weight is 196 g/mol. The summed E-state index contributed by atoms with van der Waals surface area (Å²) in [6, 6.07) is 0. The molecule has 1 heteroatoms. The first-order chi connectivity index (χ1) is 6.52. The number of hydrogen-bond donors (Lipinski definition) is 0. The van der Waals surface area contributed by atoms with Gasteiger partial charge in [-0.15, -0.1) is 6.58 Å². The Bertz CT molecular complexity index is 197. The van der Waals surface area contributed by atoms with E-state index in [0.29, 0.717) is 6.10 Å². The zero-order valence-electron chi connectivity index (χ0n) is 9.94. The molecule has 1 aliphatic heterocycles. The normalized spacial score (nSPS) is 32.9. The van der Waals surface area contributed by atoms with Gasteiger partial charge in [0.05, 0.1) is 11.7 Å². The van der Waals surface area contributed by atoms with Gasteiger partial charge in [-0.25, -0.2) is 0 Å². The second-order valence-corrected chi connectivity index (χ2v) is 5.08. The van der Waals surface area contributed by atoms with E-state index < -0.39 is 0 Å². The highest BCUT2D eigenvalue weighted by molar-refractivity contribution is 4.89. The Labute approximate surface area is 88.5 Å². The monoisotopic (exact) mass is 196 g/mol. The summed E-state index contributed by atoms with van der Waals surface area (Å²) < 4.78 is 6.03. The van der Waals surface area contributed by atoms with Crippen LogP contribution >= 0.6 is 0 Å². The molecule has 0 bridgehead atoms. The third-order valence-corrected chi connectivity index (χ3v) is 3.11. The van der Waals surface area contributed by atoms with Crippen LogP contribution in [0.4, 0.5) is 0 Å². The van der Waals surface area contributed by atoms with E-state index in [1.165, 1.54) is 37.7 Å². The van der Waals surface area contributed by atoms with E-state index in [4.69, 9.17) is 4.74 Å². The molecule has 1 heterocycles. The summed E-state index contributed by atoms with van der Waals surface area (Å²) in [5.41, 5.74) is 1.44. The Kier molecular flexibility index (Phi) is 4.18. The molecule has 14 heavy (non-hydrogen) atoms. The summed E-state index contributed by atoms with van der Waals surface area (Å²) >= 11 is 0. The largest absolute Gasteiger partial charge is 0.372 e. The Morgan fingerprint density at radius 3 is 2.86 bits per heavy atom. The Morgan fingerprint density at radius 1 is 1.57 bits per heavy atom. The molecule has 1 nitrogen and oxygen atoms in total. The van der Waals surface area contributed by atoms with E-state index in [2.05, 4.69) is 27.4 Å². The number of allylic oxidation sites excluding steroid dienone is 1. The fourth-order valence-corrected chi connectivity index (χ4v) is 2.32. The van der Waals surface area contributed by atoms with Gasteiger partial charge in [-0.05, 0) is 59.3 Å². The van der Waals surface area contributed by atoms with Crippen LogP contribution in [0.5, 0.6) is 0 Å². The average Bonchev–Trinajstić information content (AvgIpc) is 2.01. The van der Waals surface area contributed by atoms with E-state index in [0.717, 1.165) is 6.42 Å². The van der Waals surface area contributed by atoms with E-state index in [-0.39, 0.29) is 5.60 Å². The van der Waals surface area contributed by atoms with Crippen LogP contribution in [0.2, 0.25) is 0 Å². The lowest BCUT2D eigenvalue weighted by atomic mass is 9.88. The molecule has 0 aromatic rings. The van der Waals surface area contributed by atoms with Crippen molar-refractivity contribution < 1.29 is 4.74 Å². The minimum atomic E-state index is 0.146. The molecule has 0 N–H and O–H groups in total. The molecule has 0 radical (unpaired) electrons. The molecule has 0 unspecified atom stereocenters. The number of rotatable bonds is 4. The van der Waals surface area contributed by atoms with Crippen LogP contribution in [0.15, 0.2) is 12.2 Å². The van der Waals surface area contributed by atoms with Gasteiger partial charge in [0.25, 0.3) is 0 Å². The van der Waals surface area contributed by atoms with Crippen molar-refractivity contribution in [2.24, 2.45) is 0 Å². The van der Waals surface area contributed by atoms with Gasteiger partial charge in [-0.3, -0.25) is 0 Å². The summed E-state index contributed by atoms with van der Waals surface area (Å²) in [4.78, 5) is 0. The highest BCUT2D eigenvalue weighted by Gasteiger charge is 2.30. The van der Waals surface area contributed by atoms with Crippen molar-refractivity contribution >= 4 is 0 Å². The van der Waals surface area contributed by atoms with Gasteiger partial charge in [0.2, 0.25) is 0 Å². The van der Waals surface area contributed by atoms with E-state index >= 15 is 0 Å². The van der Waals surface area contributed by atoms with Crippen LogP contribution in [0.1, 0.15) is 59.3 Å². The minimum absolute atomic E-state index is 0.146. The fourth-order valence-electron chi connectivity index (χ4n) is 2.32. The van der Waals surface area contributed by atoms with E-state index in [1.54, 1.807) is 0 Å². The maximum atomic E-state index is 6.03. The minimum Gasteiger partial charge on any atom is -0.372 e. The van der Waals surface area contributed by atoms with Gasteiger partial charge in [0.15, 0.2) is 0 Å². The van der Waals surface area contributed by atoms with E-state index in [9.17, 15) is 0 Å².